The van der Waals surface area contributed by atoms with Crippen molar-refractivity contribution in [1.29, 1.82) is 0 Å². The monoisotopic (exact) mass is 1430 g/mol. The molecule has 10 amide bonds. The van der Waals surface area contributed by atoms with Crippen molar-refractivity contribution in [2.75, 3.05) is 23.8 Å². The van der Waals surface area contributed by atoms with Gasteiger partial charge < -0.3 is 85.4 Å². The minimum absolute atomic E-state index is 0.00367. The Morgan fingerprint density at radius 1 is 0.505 bits per heavy atom. The average molecular weight is 1430 g/mol. The molecule has 0 aliphatic carbocycles. The van der Waals surface area contributed by atoms with E-state index in [1.54, 1.807) is 128 Å². The number of nitrogens with one attached hydrogen (secondary N) is 10. The maximum atomic E-state index is 15.2. The fraction of sp³-hybridized carbons (Fsp3) is 0.344. The SMILES string of the molecule is C[C@@H](O)[C@H](NC(=O)[C@H](CCCCN)NC(=O)[C@H](Cc1c[nH]c2ccccc12)NC(=O)[C@H](Cc1ccc(N)cc1)NC(=O)[C@H](Cc1ccccc1)NC(=O)[C@H](CS)NC(=O)[C@H](Cc1ccc(O)c(I)c1)NC(N)=O)C(=O)N[C@@H](Cc1ccccc1)C(=O)N[C@@H](CS)C(=O)O. The number of nitrogens with two attached hydrogens (primary N) is 3. The maximum absolute atomic E-state index is 15.2. The molecule has 6 aromatic rings. The highest BCUT2D eigenvalue weighted by molar-refractivity contribution is 14.1. The average Bonchev–Trinajstić information content (AvgIpc) is 1.84. The number of primary amides is 1. The molecule has 0 fully saturated rings. The van der Waals surface area contributed by atoms with Crippen LogP contribution in [0.1, 0.15) is 54.0 Å². The van der Waals surface area contributed by atoms with Gasteiger partial charge in [-0.2, -0.15) is 25.3 Å². The molecular weight excluding hydrogens is 1350 g/mol. The molecule has 1 aromatic heterocycles. The van der Waals surface area contributed by atoms with Gasteiger partial charge in [0.25, 0.3) is 0 Å². The summed E-state index contributed by atoms with van der Waals surface area (Å²) in [7, 11) is 0. The van der Waals surface area contributed by atoms with E-state index in [4.69, 9.17) is 17.2 Å². The van der Waals surface area contributed by atoms with Gasteiger partial charge in [-0.15, -0.1) is 0 Å². The number of aliphatic hydroxyl groups is 1. The standard InChI is InChI=1S/C64H78IN13O13S2/c1-35(79)54(62(88)74-48(28-37-14-6-3-7-15-37)58(84)76-52(34-93)63(89)90)78-55(81)45(18-10-11-25-66)70-60(86)50(31-40-32-69-44-17-9-8-16-42(40)44)73-57(83)47(29-38-19-22-41(67)23-20-38)71-56(82)46(27-36-12-4-2-5-13-36)72-61(87)51(33-92)75-59(85)49(77-64(68)91)30-39-21-24-53(80)43(65)26-39/h2-9,12-17,19-24,26,32,35,45-52,54,69,79-80,92-93H,10-11,18,25,27-31,33-34,66-67H2,1H3,(H,70,86)(H,71,82)(H,72,87)(H,73,83)(H,74,88)(H,75,85)(H,76,84)(H,78,81)(H,89,90)(H3,68,77,91)/t35-,45+,46+,47+,48+,49+,50+,51+,52+,54+/m1/s1. The Morgan fingerprint density at radius 3 is 1.42 bits per heavy atom. The van der Waals surface area contributed by atoms with E-state index in [9.17, 15) is 53.7 Å². The smallest absolute Gasteiger partial charge is 0.327 e. The molecule has 93 heavy (non-hydrogen) atoms. The number of fused-ring (bicyclic) bond motifs is 1. The lowest BCUT2D eigenvalue weighted by atomic mass is 10.00. The molecule has 0 unspecified atom stereocenters. The fourth-order valence-corrected chi connectivity index (χ4v) is 11.0. The van der Waals surface area contributed by atoms with E-state index >= 15 is 9.59 Å². The van der Waals surface area contributed by atoms with Crippen LogP contribution in [0.15, 0.2) is 134 Å². The lowest BCUT2D eigenvalue weighted by molar-refractivity contribution is -0.141. The number of amides is 10. The molecule has 0 radical (unpaired) electrons. The Bertz CT molecular complexity index is 3550. The molecule has 5 aromatic carbocycles. The Morgan fingerprint density at radius 2 is 0.925 bits per heavy atom. The maximum Gasteiger partial charge on any atom is 0.327 e. The van der Waals surface area contributed by atoms with E-state index in [0.29, 0.717) is 54.4 Å². The number of hydrogen-bond donors (Lipinski definition) is 18. The number of halogens is 1. The van der Waals surface area contributed by atoms with Crippen LogP contribution in [0.25, 0.3) is 10.9 Å². The number of aliphatic carboxylic acids is 1. The Kier molecular flexibility index (Phi) is 28.6. The number of para-hydroxylation sites is 1. The first kappa shape index (κ1) is 73.1. The fourth-order valence-electron chi connectivity index (χ4n) is 9.94. The zero-order valence-electron chi connectivity index (χ0n) is 50.7. The number of aromatic hydroxyl groups is 1. The van der Waals surface area contributed by atoms with Gasteiger partial charge in [0.1, 0.15) is 60.1 Å². The van der Waals surface area contributed by atoms with Crippen molar-refractivity contribution in [3.63, 3.8) is 0 Å². The number of carboxylic acid groups (broad SMARTS) is 1. The highest BCUT2D eigenvalue weighted by Gasteiger charge is 2.37. The molecule has 29 heteroatoms. The second kappa shape index (κ2) is 36.4. The molecule has 1 heterocycles. The number of urea groups is 1. The van der Waals surface area contributed by atoms with Crippen molar-refractivity contribution in [1.82, 2.24) is 52.8 Å². The molecule has 19 N–H and O–H groups in total. The van der Waals surface area contributed by atoms with Crippen LogP contribution in [0.2, 0.25) is 0 Å². The van der Waals surface area contributed by atoms with Crippen LogP contribution in [-0.2, 0) is 75.3 Å². The van der Waals surface area contributed by atoms with E-state index in [1.807, 2.05) is 22.6 Å². The third kappa shape index (κ3) is 22.7. The van der Waals surface area contributed by atoms with Crippen molar-refractivity contribution in [3.05, 3.63) is 165 Å². The second-order valence-corrected chi connectivity index (χ2v) is 24.0. The summed E-state index contributed by atoms with van der Waals surface area (Å²) in [5.74, 6) is -9.19. The summed E-state index contributed by atoms with van der Waals surface area (Å²) in [5, 5.41) is 54.9. The number of benzene rings is 5. The lowest BCUT2D eigenvalue weighted by Gasteiger charge is -2.29. The van der Waals surface area contributed by atoms with Crippen molar-refractivity contribution in [3.8, 4) is 5.75 Å². The number of aliphatic hydroxyl groups excluding tert-OH is 1. The first-order valence-corrected chi connectivity index (χ1v) is 32.1. The van der Waals surface area contributed by atoms with Crippen molar-refractivity contribution < 1.29 is 63.3 Å². The minimum Gasteiger partial charge on any atom is -0.507 e. The molecule has 0 aliphatic heterocycles. The Hall–Kier alpha value is -8.91. The number of phenolic OH excluding ortho intramolecular Hbond substituents is 1. The molecule has 0 saturated heterocycles. The zero-order chi connectivity index (χ0) is 67.7. The molecule has 496 valence electrons. The number of phenols is 1. The van der Waals surface area contributed by atoms with Crippen LogP contribution >= 0.6 is 47.8 Å². The molecule has 6 rings (SSSR count). The Balaban J connectivity index is 1.29. The van der Waals surface area contributed by atoms with Gasteiger partial charge in [-0.1, -0.05) is 97.1 Å². The number of aromatic amines is 1. The van der Waals surface area contributed by atoms with Gasteiger partial charge in [0.05, 0.1) is 9.67 Å². The molecule has 26 nitrogen and oxygen atoms in total. The normalized spacial score (nSPS) is 14.3. The first-order chi connectivity index (χ1) is 44.5. The molecule has 0 spiro atoms. The number of hydrogen-bond acceptors (Lipinski definition) is 16. The Labute approximate surface area is 561 Å². The molecule has 0 bridgehead atoms. The number of anilines is 1. The highest BCUT2D eigenvalue weighted by Crippen LogP contribution is 2.23. The summed E-state index contributed by atoms with van der Waals surface area (Å²) in [6.07, 6.45) is -0.148. The predicted molar refractivity (Wildman–Crippen MR) is 363 cm³/mol. The van der Waals surface area contributed by atoms with E-state index in [1.165, 1.54) is 13.0 Å². The number of thiol groups is 2. The molecular formula is C64H78IN13O13S2. The summed E-state index contributed by atoms with van der Waals surface area (Å²) in [6.45, 7) is 1.42. The summed E-state index contributed by atoms with van der Waals surface area (Å²) in [6, 6.07) is 21.0. The van der Waals surface area contributed by atoms with Gasteiger partial charge in [-0.25, -0.2) is 9.59 Å². The number of unbranched alkanes of at least 4 members (excludes halogenated alkanes) is 1. The largest absolute Gasteiger partial charge is 0.507 e. The zero-order valence-corrected chi connectivity index (χ0v) is 54.6. The number of aromatic nitrogens is 1. The van der Waals surface area contributed by atoms with Crippen LogP contribution in [0.5, 0.6) is 5.75 Å². The van der Waals surface area contributed by atoms with Gasteiger partial charge in [-0.05, 0) is 113 Å². The van der Waals surface area contributed by atoms with E-state index in [0.717, 1.165) is 0 Å². The van der Waals surface area contributed by atoms with Gasteiger partial charge in [0.15, 0.2) is 0 Å². The minimum atomic E-state index is -1.75. The number of H-pyrrole nitrogens is 1. The molecule has 0 aliphatic rings. The summed E-state index contributed by atoms with van der Waals surface area (Å²) >= 11 is 10.3. The third-order valence-corrected chi connectivity index (χ3v) is 16.6. The summed E-state index contributed by atoms with van der Waals surface area (Å²) < 4.78 is 0.472. The number of carbonyl (C=O) groups is 10. The van der Waals surface area contributed by atoms with Gasteiger partial charge >= 0.3 is 12.0 Å². The summed E-state index contributed by atoms with van der Waals surface area (Å²) in [5.41, 5.74) is 21.2. The van der Waals surface area contributed by atoms with Crippen molar-refractivity contribution >= 4 is 124 Å². The second-order valence-electron chi connectivity index (χ2n) is 22.1. The van der Waals surface area contributed by atoms with Gasteiger partial charge in [0, 0.05) is 66.4 Å². The first-order valence-electron chi connectivity index (χ1n) is 29.7. The number of carbonyl (C=O) groups excluding carboxylic acids is 9. The van der Waals surface area contributed by atoms with Crippen molar-refractivity contribution in [2.45, 2.75) is 119 Å². The van der Waals surface area contributed by atoms with Crippen LogP contribution in [0.4, 0.5) is 10.5 Å². The van der Waals surface area contributed by atoms with Crippen LogP contribution in [-0.4, -0.2) is 158 Å². The van der Waals surface area contributed by atoms with Crippen LogP contribution in [0.3, 0.4) is 0 Å². The van der Waals surface area contributed by atoms with E-state index in [-0.39, 0.29) is 68.7 Å². The lowest BCUT2D eigenvalue weighted by Crippen LogP contribution is -2.62. The van der Waals surface area contributed by atoms with Crippen LogP contribution < -0.4 is 65.1 Å². The van der Waals surface area contributed by atoms with Crippen LogP contribution in [0, 0.1) is 3.57 Å². The third-order valence-electron chi connectivity index (χ3n) is 15.0. The van der Waals surface area contributed by atoms with E-state index < -0.39 is 120 Å². The number of rotatable bonds is 35. The van der Waals surface area contributed by atoms with Gasteiger partial charge in [0.2, 0.25) is 47.3 Å². The van der Waals surface area contributed by atoms with Crippen molar-refractivity contribution in [2.24, 2.45) is 11.5 Å². The highest BCUT2D eigenvalue weighted by atomic mass is 127. The summed E-state index contributed by atoms with van der Waals surface area (Å²) in [4.78, 5) is 143. The molecule has 0 saturated carbocycles. The molecule has 10 atom stereocenters. The number of carboxylic acids is 1. The van der Waals surface area contributed by atoms with E-state index in [2.05, 4.69) is 78.1 Å². The van der Waals surface area contributed by atoms with Gasteiger partial charge in [-0.3, -0.25) is 38.4 Å². The quantitative estimate of drug-likeness (QED) is 0.0114. The number of nitrogen functional groups attached to an aromatic ring is 1. The predicted octanol–water partition coefficient (Wildman–Crippen LogP) is 0.943. The topological polar surface area (TPSA) is 434 Å².